The molecule has 1 aromatic carbocycles. The SMILES string of the molecule is C/C(N)=C(/C=N/C(F)F)NC(=O)[C@@H]1O[C@@](C)(C(F)(F)F)[C@@H](C)[C@H]1c1ccc(F)c(F)c1CN1CC(O)C1. The van der Waals surface area contributed by atoms with Crippen molar-refractivity contribution in [2.75, 3.05) is 13.1 Å². The van der Waals surface area contributed by atoms with E-state index < -0.39 is 59.9 Å². The van der Waals surface area contributed by atoms with Crippen molar-refractivity contribution in [2.24, 2.45) is 16.6 Å². The molecule has 0 radical (unpaired) electrons. The van der Waals surface area contributed by atoms with E-state index in [1.165, 1.54) is 13.8 Å². The zero-order valence-electron chi connectivity index (χ0n) is 20.1. The van der Waals surface area contributed by atoms with Crippen LogP contribution in [0.3, 0.4) is 0 Å². The molecule has 206 valence electrons. The summed E-state index contributed by atoms with van der Waals surface area (Å²) >= 11 is 0. The van der Waals surface area contributed by atoms with E-state index in [0.29, 0.717) is 6.21 Å². The molecule has 0 spiro atoms. The third-order valence-corrected chi connectivity index (χ3v) is 6.84. The van der Waals surface area contributed by atoms with Crippen molar-refractivity contribution in [3.8, 4) is 0 Å². The molecule has 14 heteroatoms. The normalized spacial score (nSPS) is 28.1. The van der Waals surface area contributed by atoms with Crippen molar-refractivity contribution in [3.63, 3.8) is 0 Å². The second-order valence-corrected chi connectivity index (χ2v) is 9.38. The lowest BCUT2D eigenvalue weighted by Gasteiger charge is -2.37. The van der Waals surface area contributed by atoms with E-state index in [2.05, 4.69) is 10.3 Å². The maximum Gasteiger partial charge on any atom is 0.417 e. The first kappa shape index (κ1) is 28.9. The number of allylic oxidation sites excluding steroid dienone is 2. The summed E-state index contributed by atoms with van der Waals surface area (Å²) in [7, 11) is 0. The largest absolute Gasteiger partial charge is 0.417 e. The fourth-order valence-electron chi connectivity index (χ4n) is 4.57. The fraction of sp³-hybridized carbons (Fsp3) is 0.565. The lowest BCUT2D eigenvalue weighted by atomic mass is 9.75. The number of carbonyl (C=O) groups is 1. The highest BCUT2D eigenvalue weighted by Crippen LogP contribution is 2.54. The minimum absolute atomic E-state index is 0.0860. The minimum atomic E-state index is -4.96. The molecule has 4 atom stereocenters. The average molecular weight is 540 g/mol. The summed E-state index contributed by atoms with van der Waals surface area (Å²) in [6.45, 7) is 0.0782. The second-order valence-electron chi connectivity index (χ2n) is 9.38. The molecule has 2 fully saturated rings. The van der Waals surface area contributed by atoms with Crippen molar-refractivity contribution in [1.29, 1.82) is 0 Å². The van der Waals surface area contributed by atoms with E-state index in [1.807, 2.05) is 0 Å². The maximum absolute atomic E-state index is 15.0. The second kappa shape index (κ2) is 10.6. The van der Waals surface area contributed by atoms with E-state index >= 15 is 0 Å². The summed E-state index contributed by atoms with van der Waals surface area (Å²) in [4.78, 5) is 17.6. The molecule has 0 saturated carbocycles. The van der Waals surface area contributed by atoms with Gasteiger partial charge in [-0.2, -0.15) is 22.0 Å². The van der Waals surface area contributed by atoms with Crippen molar-refractivity contribution < 1.29 is 45.4 Å². The Bertz CT molecular complexity index is 1080. The highest BCUT2D eigenvalue weighted by Gasteiger charge is 2.65. The Hall–Kier alpha value is -2.71. The molecule has 2 saturated heterocycles. The molecule has 7 nitrogen and oxygen atoms in total. The van der Waals surface area contributed by atoms with Crippen LogP contribution in [0.5, 0.6) is 0 Å². The molecule has 0 aromatic heterocycles. The van der Waals surface area contributed by atoms with Gasteiger partial charge in [-0.3, -0.25) is 9.69 Å². The zero-order valence-corrected chi connectivity index (χ0v) is 20.1. The van der Waals surface area contributed by atoms with Gasteiger partial charge in [-0.25, -0.2) is 13.8 Å². The Balaban J connectivity index is 2.08. The average Bonchev–Trinajstić information content (AvgIpc) is 3.05. The number of amides is 1. The van der Waals surface area contributed by atoms with Crippen LogP contribution in [0.2, 0.25) is 0 Å². The van der Waals surface area contributed by atoms with Crippen LogP contribution in [0.15, 0.2) is 28.5 Å². The van der Waals surface area contributed by atoms with Crippen LogP contribution in [0, 0.1) is 17.6 Å². The Morgan fingerprint density at radius 1 is 1.35 bits per heavy atom. The summed E-state index contributed by atoms with van der Waals surface area (Å²) < 4.78 is 102. The molecule has 2 heterocycles. The predicted molar refractivity (Wildman–Crippen MR) is 118 cm³/mol. The topological polar surface area (TPSA) is 100 Å². The molecule has 0 bridgehead atoms. The number of carbonyl (C=O) groups excluding carboxylic acids is 1. The fourth-order valence-corrected chi connectivity index (χ4v) is 4.57. The number of alkyl halides is 5. The van der Waals surface area contributed by atoms with E-state index in [9.17, 15) is 40.6 Å². The number of nitrogens with zero attached hydrogens (tertiary/aromatic N) is 2. The lowest BCUT2D eigenvalue weighted by molar-refractivity contribution is -0.272. The summed E-state index contributed by atoms with van der Waals surface area (Å²) in [6, 6.07) is 1.84. The van der Waals surface area contributed by atoms with E-state index in [-0.39, 0.29) is 42.2 Å². The Labute approximate surface area is 208 Å². The number of ether oxygens (including phenoxy) is 1. The first-order valence-electron chi connectivity index (χ1n) is 11.3. The number of benzene rings is 1. The molecule has 0 aliphatic carbocycles. The molecule has 37 heavy (non-hydrogen) atoms. The third-order valence-electron chi connectivity index (χ3n) is 6.84. The first-order chi connectivity index (χ1) is 17.1. The molecular formula is C23H27F7N4O3. The Morgan fingerprint density at radius 3 is 2.49 bits per heavy atom. The first-order valence-corrected chi connectivity index (χ1v) is 11.3. The zero-order chi connectivity index (χ0) is 27.9. The number of likely N-dealkylation sites (tertiary alicyclic amines) is 1. The number of nitrogens with two attached hydrogens (primary N) is 1. The third kappa shape index (κ3) is 5.75. The van der Waals surface area contributed by atoms with Gasteiger partial charge in [-0.05, 0) is 25.5 Å². The minimum Gasteiger partial charge on any atom is -0.401 e. The van der Waals surface area contributed by atoms with Gasteiger partial charge < -0.3 is 20.9 Å². The molecule has 4 N–H and O–H groups in total. The van der Waals surface area contributed by atoms with Gasteiger partial charge in [0, 0.05) is 42.7 Å². The van der Waals surface area contributed by atoms with Crippen molar-refractivity contribution >= 4 is 12.1 Å². The van der Waals surface area contributed by atoms with Gasteiger partial charge in [0.05, 0.1) is 18.0 Å². The summed E-state index contributed by atoms with van der Waals surface area (Å²) in [5.74, 6) is -6.59. The number of hydrogen-bond donors (Lipinski definition) is 3. The van der Waals surface area contributed by atoms with Crippen LogP contribution in [0.4, 0.5) is 30.7 Å². The Morgan fingerprint density at radius 2 is 1.97 bits per heavy atom. The molecule has 1 amide bonds. The molecule has 2 aliphatic rings. The van der Waals surface area contributed by atoms with Crippen molar-refractivity contribution in [3.05, 3.63) is 46.3 Å². The molecule has 3 rings (SSSR count). The van der Waals surface area contributed by atoms with Gasteiger partial charge in [-0.1, -0.05) is 13.0 Å². The lowest BCUT2D eigenvalue weighted by Crippen LogP contribution is -2.50. The van der Waals surface area contributed by atoms with Crippen LogP contribution in [0.1, 0.15) is 37.8 Å². The van der Waals surface area contributed by atoms with E-state index in [0.717, 1.165) is 19.1 Å². The van der Waals surface area contributed by atoms with Gasteiger partial charge in [0.25, 0.3) is 5.91 Å². The predicted octanol–water partition coefficient (Wildman–Crippen LogP) is 3.18. The van der Waals surface area contributed by atoms with Gasteiger partial charge in [-0.15, -0.1) is 0 Å². The number of aliphatic hydroxyl groups excluding tert-OH is 1. The highest BCUT2D eigenvalue weighted by molar-refractivity contribution is 5.91. The van der Waals surface area contributed by atoms with Crippen LogP contribution >= 0.6 is 0 Å². The van der Waals surface area contributed by atoms with E-state index in [4.69, 9.17) is 10.5 Å². The summed E-state index contributed by atoms with van der Waals surface area (Å²) in [6.07, 6.45) is -6.96. The molecule has 0 unspecified atom stereocenters. The number of rotatable bonds is 7. The van der Waals surface area contributed by atoms with Crippen molar-refractivity contribution in [1.82, 2.24) is 10.2 Å². The van der Waals surface area contributed by atoms with Crippen LogP contribution in [-0.4, -0.2) is 65.8 Å². The highest BCUT2D eigenvalue weighted by atomic mass is 19.4. The summed E-state index contributed by atoms with van der Waals surface area (Å²) in [5.41, 5.74) is 1.82. The number of aliphatic hydroxyl groups is 1. The number of halogens is 7. The van der Waals surface area contributed by atoms with Gasteiger partial charge in [0.2, 0.25) is 0 Å². The van der Waals surface area contributed by atoms with Gasteiger partial charge in [0.15, 0.2) is 17.2 Å². The maximum atomic E-state index is 15.0. The monoisotopic (exact) mass is 540 g/mol. The molecular weight excluding hydrogens is 513 g/mol. The molecule has 1 aromatic rings. The van der Waals surface area contributed by atoms with Crippen LogP contribution in [-0.2, 0) is 16.1 Å². The quantitative estimate of drug-likeness (QED) is 0.280. The smallest absolute Gasteiger partial charge is 0.401 e. The number of hydrogen-bond acceptors (Lipinski definition) is 6. The summed E-state index contributed by atoms with van der Waals surface area (Å²) in [5, 5.41) is 11.7. The molecule has 2 aliphatic heterocycles. The van der Waals surface area contributed by atoms with Crippen molar-refractivity contribution in [2.45, 2.75) is 63.8 Å². The van der Waals surface area contributed by atoms with Gasteiger partial charge in [0.1, 0.15) is 6.10 Å². The number of nitrogens with one attached hydrogen (secondary N) is 1. The van der Waals surface area contributed by atoms with E-state index in [1.54, 1.807) is 4.90 Å². The van der Waals surface area contributed by atoms with Crippen LogP contribution in [0.25, 0.3) is 0 Å². The standard InChI is InChI=1S/C23H27F7N4O3/c1-10-17(13-4-5-15(24)18(25)14(13)9-34-7-12(35)8-34)19(37-22(10,3)23(28,29)30)20(36)33-16(11(2)31)6-32-21(26)27/h4-6,10,12,17,19,21,35H,7-9,31H2,1-3H3,(H,33,36)/b16-11+,32-6+/t10-,17-,19+,22+/m0/s1. The Kier molecular flexibility index (Phi) is 8.25. The number of aliphatic imine (C=N–C) groups is 1. The van der Waals surface area contributed by atoms with Gasteiger partial charge >= 0.3 is 12.7 Å². The number of β-amino-alcohol motifs (C(OH)–C–C–N with tert-alkyl or cyclic N) is 1. The van der Waals surface area contributed by atoms with Crippen LogP contribution < -0.4 is 11.1 Å².